The molecule has 1 unspecified atom stereocenters. The van der Waals surface area contributed by atoms with E-state index in [-0.39, 0.29) is 11.0 Å². The summed E-state index contributed by atoms with van der Waals surface area (Å²) in [5.41, 5.74) is 3.40. The first kappa shape index (κ1) is 18.8. The molecule has 136 valence electrons. The normalized spacial score (nSPS) is 11.8. The molecule has 0 spiro atoms. The SMILES string of the molecule is CC(=O)c1cc(C#N)c(SC(C)c2nnc(-c3cccc(C)c3)o2)nc1C. The fourth-order valence-corrected chi connectivity index (χ4v) is 3.57. The van der Waals surface area contributed by atoms with Crippen LogP contribution in [0.5, 0.6) is 0 Å². The number of hydrogen-bond acceptors (Lipinski definition) is 7. The zero-order valence-corrected chi connectivity index (χ0v) is 16.3. The van der Waals surface area contributed by atoms with Gasteiger partial charge in [0.05, 0.1) is 10.8 Å². The summed E-state index contributed by atoms with van der Waals surface area (Å²) < 4.78 is 5.82. The maximum absolute atomic E-state index is 11.7. The highest BCUT2D eigenvalue weighted by molar-refractivity contribution is 7.99. The molecule has 0 aliphatic heterocycles. The fraction of sp³-hybridized carbons (Fsp3) is 0.250. The van der Waals surface area contributed by atoms with Crippen LogP contribution in [0.15, 0.2) is 39.8 Å². The van der Waals surface area contributed by atoms with Crippen molar-refractivity contribution in [1.29, 1.82) is 5.26 Å². The Morgan fingerprint density at radius 2 is 2.04 bits per heavy atom. The van der Waals surface area contributed by atoms with E-state index in [2.05, 4.69) is 21.3 Å². The number of thioether (sulfide) groups is 1. The average Bonchev–Trinajstić information content (AvgIpc) is 3.12. The number of pyridine rings is 1. The molecule has 0 amide bonds. The largest absolute Gasteiger partial charge is 0.419 e. The van der Waals surface area contributed by atoms with Gasteiger partial charge in [0.1, 0.15) is 11.1 Å². The molecule has 0 bridgehead atoms. The predicted molar refractivity (Wildman–Crippen MR) is 102 cm³/mol. The van der Waals surface area contributed by atoms with Crippen LogP contribution < -0.4 is 0 Å². The second kappa shape index (κ2) is 7.72. The number of carbonyl (C=O) groups is 1. The molecule has 2 heterocycles. The maximum atomic E-state index is 11.7. The molecule has 6 nitrogen and oxygen atoms in total. The lowest BCUT2D eigenvalue weighted by molar-refractivity contribution is 0.101. The van der Waals surface area contributed by atoms with Gasteiger partial charge in [0, 0.05) is 16.8 Å². The highest BCUT2D eigenvalue weighted by Gasteiger charge is 2.20. The molecule has 3 aromatic rings. The van der Waals surface area contributed by atoms with E-state index in [1.807, 2.05) is 38.1 Å². The van der Waals surface area contributed by atoms with Crippen molar-refractivity contribution in [2.75, 3.05) is 0 Å². The first-order valence-electron chi connectivity index (χ1n) is 8.38. The molecule has 1 aromatic carbocycles. The standard InChI is InChI=1S/C20H18N4O2S/c1-11-6-5-7-15(8-11)19-24-23-18(26-19)14(4)27-20-16(10-21)9-17(13(3)25)12(2)22-20/h5-9,14H,1-4H3. The lowest BCUT2D eigenvalue weighted by Gasteiger charge is -2.10. The molecule has 0 saturated heterocycles. The third-order valence-electron chi connectivity index (χ3n) is 4.02. The predicted octanol–water partition coefficient (Wildman–Crippen LogP) is 4.68. The second-order valence-electron chi connectivity index (χ2n) is 6.22. The van der Waals surface area contributed by atoms with Gasteiger partial charge in [-0.2, -0.15) is 5.26 Å². The number of rotatable bonds is 5. The number of nitrogens with zero attached hydrogens (tertiary/aromatic N) is 4. The van der Waals surface area contributed by atoms with Crippen LogP contribution in [0, 0.1) is 25.2 Å². The van der Waals surface area contributed by atoms with Gasteiger partial charge in [-0.25, -0.2) is 4.98 Å². The van der Waals surface area contributed by atoms with Crippen LogP contribution in [0.4, 0.5) is 0 Å². The third-order valence-corrected chi connectivity index (χ3v) is 5.11. The second-order valence-corrected chi connectivity index (χ2v) is 7.55. The number of aryl methyl sites for hydroxylation is 2. The number of benzene rings is 1. The minimum absolute atomic E-state index is 0.110. The van der Waals surface area contributed by atoms with Gasteiger partial charge in [-0.3, -0.25) is 4.79 Å². The summed E-state index contributed by atoms with van der Waals surface area (Å²) in [5, 5.41) is 18.0. The molecule has 0 aliphatic carbocycles. The number of ketones is 1. The van der Waals surface area contributed by atoms with Crippen LogP contribution in [0.3, 0.4) is 0 Å². The van der Waals surface area contributed by atoms with Crippen molar-refractivity contribution >= 4 is 17.5 Å². The Morgan fingerprint density at radius 1 is 1.26 bits per heavy atom. The van der Waals surface area contributed by atoms with Gasteiger partial charge in [-0.05, 0) is 45.9 Å². The molecule has 0 radical (unpaired) electrons. The topological polar surface area (TPSA) is 92.7 Å². The van der Waals surface area contributed by atoms with E-state index in [4.69, 9.17) is 4.42 Å². The molecule has 0 fully saturated rings. The van der Waals surface area contributed by atoms with Crippen molar-refractivity contribution in [3.8, 4) is 17.5 Å². The Balaban J connectivity index is 1.86. The number of hydrogen-bond donors (Lipinski definition) is 0. The average molecular weight is 378 g/mol. The van der Waals surface area contributed by atoms with Crippen LogP contribution in [0.25, 0.3) is 11.5 Å². The lowest BCUT2D eigenvalue weighted by atomic mass is 10.1. The molecular weight excluding hydrogens is 360 g/mol. The van der Waals surface area contributed by atoms with Crippen molar-refractivity contribution in [2.45, 2.75) is 38.0 Å². The fourth-order valence-electron chi connectivity index (χ4n) is 2.62. The summed E-state index contributed by atoms with van der Waals surface area (Å²) in [5.74, 6) is 0.800. The smallest absolute Gasteiger partial charge is 0.247 e. The maximum Gasteiger partial charge on any atom is 0.247 e. The minimum atomic E-state index is -0.196. The molecule has 3 rings (SSSR count). The third kappa shape index (κ3) is 4.07. The zero-order chi connectivity index (χ0) is 19.6. The van der Waals surface area contributed by atoms with Gasteiger partial charge in [-0.1, -0.05) is 29.5 Å². The van der Waals surface area contributed by atoms with Crippen molar-refractivity contribution in [1.82, 2.24) is 15.2 Å². The molecule has 2 aromatic heterocycles. The molecule has 1 atom stereocenters. The van der Waals surface area contributed by atoms with Crippen molar-refractivity contribution in [3.63, 3.8) is 0 Å². The van der Waals surface area contributed by atoms with Gasteiger partial charge in [0.15, 0.2) is 5.78 Å². The minimum Gasteiger partial charge on any atom is -0.419 e. The van der Waals surface area contributed by atoms with E-state index in [9.17, 15) is 10.1 Å². The quantitative estimate of drug-likeness (QED) is 0.470. The summed E-state index contributed by atoms with van der Waals surface area (Å²) in [6, 6.07) is 11.5. The van der Waals surface area contributed by atoms with Crippen LogP contribution in [-0.4, -0.2) is 21.0 Å². The van der Waals surface area contributed by atoms with Crippen LogP contribution >= 0.6 is 11.8 Å². The van der Waals surface area contributed by atoms with E-state index in [0.717, 1.165) is 11.1 Å². The highest BCUT2D eigenvalue weighted by atomic mass is 32.2. The molecular formula is C20H18N4O2S. The first-order valence-corrected chi connectivity index (χ1v) is 9.26. The van der Waals surface area contributed by atoms with Crippen molar-refractivity contribution in [3.05, 3.63) is 58.6 Å². The number of aromatic nitrogens is 3. The Hall–Kier alpha value is -2.98. The Labute approximate surface area is 161 Å². The Morgan fingerprint density at radius 3 is 2.70 bits per heavy atom. The van der Waals surface area contributed by atoms with E-state index in [0.29, 0.717) is 33.6 Å². The molecule has 0 N–H and O–H groups in total. The molecule has 0 aliphatic rings. The highest BCUT2D eigenvalue weighted by Crippen LogP contribution is 2.36. The first-order chi connectivity index (χ1) is 12.9. The molecule has 7 heteroatoms. The van der Waals surface area contributed by atoms with E-state index in [1.165, 1.54) is 18.7 Å². The van der Waals surface area contributed by atoms with Gasteiger partial charge in [-0.15, -0.1) is 10.2 Å². The Bertz CT molecular complexity index is 1050. The van der Waals surface area contributed by atoms with Crippen LogP contribution in [0.1, 0.15) is 52.2 Å². The molecule has 0 saturated carbocycles. The van der Waals surface area contributed by atoms with E-state index >= 15 is 0 Å². The van der Waals surface area contributed by atoms with Crippen molar-refractivity contribution in [2.24, 2.45) is 0 Å². The lowest BCUT2D eigenvalue weighted by Crippen LogP contribution is -2.03. The van der Waals surface area contributed by atoms with E-state index < -0.39 is 0 Å². The summed E-state index contributed by atoms with van der Waals surface area (Å²) in [6.45, 7) is 7.14. The Kier molecular flexibility index (Phi) is 5.38. The number of nitriles is 1. The van der Waals surface area contributed by atoms with Crippen LogP contribution in [0.2, 0.25) is 0 Å². The van der Waals surface area contributed by atoms with Gasteiger partial charge < -0.3 is 4.42 Å². The number of Topliss-reactive ketones (excluding diaryl/α,β-unsaturated/α-hetero) is 1. The van der Waals surface area contributed by atoms with Gasteiger partial charge >= 0.3 is 0 Å². The zero-order valence-electron chi connectivity index (χ0n) is 15.5. The van der Waals surface area contributed by atoms with Crippen molar-refractivity contribution < 1.29 is 9.21 Å². The summed E-state index contributed by atoms with van der Waals surface area (Å²) in [6.07, 6.45) is 0. The summed E-state index contributed by atoms with van der Waals surface area (Å²) in [4.78, 5) is 16.1. The van der Waals surface area contributed by atoms with Gasteiger partial charge in [0.25, 0.3) is 0 Å². The number of carbonyl (C=O) groups excluding carboxylic acids is 1. The monoisotopic (exact) mass is 378 g/mol. The van der Waals surface area contributed by atoms with Crippen LogP contribution in [-0.2, 0) is 0 Å². The molecule has 27 heavy (non-hydrogen) atoms. The van der Waals surface area contributed by atoms with Gasteiger partial charge in [0.2, 0.25) is 11.8 Å². The summed E-state index contributed by atoms with van der Waals surface area (Å²) >= 11 is 1.35. The summed E-state index contributed by atoms with van der Waals surface area (Å²) in [7, 11) is 0. The van der Waals surface area contributed by atoms with E-state index in [1.54, 1.807) is 13.0 Å².